The van der Waals surface area contributed by atoms with Gasteiger partial charge in [-0.3, -0.25) is 4.79 Å². The van der Waals surface area contributed by atoms with E-state index in [0.29, 0.717) is 24.0 Å². The highest BCUT2D eigenvalue weighted by Gasteiger charge is 2.24. The molecule has 0 spiro atoms. The number of para-hydroxylation sites is 1. The van der Waals surface area contributed by atoms with Crippen LogP contribution in [0.3, 0.4) is 0 Å². The molecule has 210 valence electrons. The highest BCUT2D eigenvalue weighted by Crippen LogP contribution is 2.27. The van der Waals surface area contributed by atoms with Crippen LogP contribution in [0.2, 0.25) is 5.02 Å². The Labute approximate surface area is 241 Å². The Morgan fingerprint density at radius 1 is 1.07 bits per heavy atom. The predicted molar refractivity (Wildman–Crippen MR) is 160 cm³/mol. The molecule has 2 atom stereocenters. The lowest BCUT2D eigenvalue weighted by Crippen LogP contribution is -2.37. The number of carboxylic acids is 1. The number of ether oxygens (including phenoxy) is 1. The van der Waals surface area contributed by atoms with Crippen LogP contribution in [-0.4, -0.2) is 45.2 Å². The molecule has 5 rings (SSSR count). The summed E-state index contributed by atoms with van der Waals surface area (Å²) in [5.74, 6) is 1.15. The number of hydrogen-bond donors (Lipinski definition) is 1. The van der Waals surface area contributed by atoms with Gasteiger partial charge >= 0.3 is 5.97 Å². The molecule has 1 saturated heterocycles. The predicted octanol–water partition coefficient (Wildman–Crippen LogP) is 7.33. The van der Waals surface area contributed by atoms with Crippen molar-refractivity contribution in [3.8, 4) is 5.75 Å². The first-order chi connectivity index (χ1) is 19.5. The van der Waals surface area contributed by atoms with Gasteiger partial charge in [0.25, 0.3) is 0 Å². The lowest BCUT2D eigenvalue weighted by atomic mass is 9.91. The van der Waals surface area contributed by atoms with Crippen LogP contribution in [0.5, 0.6) is 5.75 Å². The number of halogens is 1. The minimum atomic E-state index is -0.738. The van der Waals surface area contributed by atoms with E-state index in [2.05, 4.69) is 34.6 Å². The third-order valence-corrected chi connectivity index (χ3v) is 8.32. The largest absolute Gasteiger partial charge is 0.486 e. The van der Waals surface area contributed by atoms with Crippen LogP contribution >= 0.6 is 11.6 Å². The van der Waals surface area contributed by atoms with E-state index < -0.39 is 11.9 Å². The number of likely N-dealkylation sites (tertiary alicyclic amines) is 1. The van der Waals surface area contributed by atoms with Crippen molar-refractivity contribution in [3.05, 3.63) is 94.8 Å². The highest BCUT2D eigenvalue weighted by atomic mass is 35.5. The van der Waals surface area contributed by atoms with Crippen molar-refractivity contribution in [2.24, 2.45) is 5.92 Å². The topological polar surface area (TPSA) is 67.6 Å². The summed E-state index contributed by atoms with van der Waals surface area (Å²) in [4.78, 5) is 19.4. The van der Waals surface area contributed by atoms with Crippen LogP contribution < -0.4 is 4.74 Å². The molecule has 1 N–H and O–H groups in total. The third-order valence-electron chi connectivity index (χ3n) is 8.07. The highest BCUT2D eigenvalue weighted by molar-refractivity contribution is 6.30. The van der Waals surface area contributed by atoms with E-state index in [9.17, 15) is 9.90 Å². The van der Waals surface area contributed by atoms with Gasteiger partial charge in [-0.25, -0.2) is 4.98 Å². The average Bonchev–Trinajstić information content (AvgIpc) is 3.32. The maximum atomic E-state index is 11.9. The van der Waals surface area contributed by atoms with E-state index in [1.54, 1.807) is 0 Å². The SMILES string of the molecule is Cc1cccc2c1nc(COc1ccc(Cl)cc1)n2CCCC1CCCN(CCC(C(=O)O)c2ccccc2)C1. The van der Waals surface area contributed by atoms with E-state index in [0.717, 1.165) is 67.2 Å². The van der Waals surface area contributed by atoms with E-state index in [1.165, 1.54) is 18.4 Å². The van der Waals surface area contributed by atoms with Gasteiger partial charge in [0.1, 0.15) is 18.2 Å². The molecule has 7 heteroatoms. The van der Waals surface area contributed by atoms with Crippen molar-refractivity contribution in [3.63, 3.8) is 0 Å². The Hall–Kier alpha value is -3.35. The fourth-order valence-corrected chi connectivity index (χ4v) is 6.06. The normalized spacial score (nSPS) is 16.7. The summed E-state index contributed by atoms with van der Waals surface area (Å²) in [5, 5.41) is 10.5. The molecule has 6 nitrogen and oxygen atoms in total. The molecule has 1 aliphatic heterocycles. The summed E-state index contributed by atoms with van der Waals surface area (Å²) in [6.07, 6.45) is 5.24. The third kappa shape index (κ3) is 7.04. The molecule has 3 aromatic carbocycles. The zero-order valence-corrected chi connectivity index (χ0v) is 23.9. The molecular weight excluding hydrogens is 522 g/mol. The lowest BCUT2D eigenvalue weighted by molar-refractivity contribution is -0.139. The number of nitrogens with zero attached hydrogens (tertiary/aromatic N) is 3. The van der Waals surface area contributed by atoms with E-state index in [1.807, 2.05) is 54.6 Å². The van der Waals surface area contributed by atoms with Gasteiger partial charge < -0.3 is 19.3 Å². The molecule has 40 heavy (non-hydrogen) atoms. The minimum Gasteiger partial charge on any atom is -0.486 e. The van der Waals surface area contributed by atoms with Gasteiger partial charge in [0.05, 0.1) is 17.0 Å². The second-order valence-corrected chi connectivity index (χ2v) is 11.3. The molecule has 0 radical (unpaired) electrons. The van der Waals surface area contributed by atoms with Crippen molar-refractivity contribution in [2.45, 2.75) is 58.1 Å². The Bertz CT molecular complexity index is 1400. The van der Waals surface area contributed by atoms with Crippen molar-refractivity contribution in [1.29, 1.82) is 0 Å². The lowest BCUT2D eigenvalue weighted by Gasteiger charge is -2.33. The number of benzene rings is 3. The zero-order valence-electron chi connectivity index (χ0n) is 23.1. The molecule has 1 aliphatic rings. The number of piperidine rings is 1. The molecule has 0 bridgehead atoms. The van der Waals surface area contributed by atoms with E-state index in [-0.39, 0.29) is 0 Å². The Balaban J connectivity index is 1.18. The minimum absolute atomic E-state index is 0.402. The summed E-state index contributed by atoms with van der Waals surface area (Å²) < 4.78 is 8.39. The summed E-state index contributed by atoms with van der Waals surface area (Å²) in [5.41, 5.74) is 4.25. The molecule has 2 heterocycles. The Kier molecular flexibility index (Phi) is 9.40. The summed E-state index contributed by atoms with van der Waals surface area (Å²) >= 11 is 6.03. The molecule has 0 aliphatic carbocycles. The van der Waals surface area contributed by atoms with E-state index in [4.69, 9.17) is 21.3 Å². The van der Waals surface area contributed by atoms with Gasteiger partial charge in [0, 0.05) is 18.1 Å². The first-order valence-electron chi connectivity index (χ1n) is 14.3. The second-order valence-electron chi connectivity index (χ2n) is 10.9. The van der Waals surface area contributed by atoms with Crippen LogP contribution in [-0.2, 0) is 17.9 Å². The standard InChI is InChI=1S/C33H38ClN3O3/c1-24-8-5-13-30-32(24)35-31(23-40-28-16-14-27(34)15-17-28)37(30)20-7-10-25-9-6-19-36(22-25)21-18-29(33(38)39)26-11-3-2-4-12-26/h2-5,8,11-17,25,29H,6-7,9-10,18-23H2,1H3,(H,38,39). The number of rotatable bonds is 12. The molecular formula is C33H38ClN3O3. The van der Waals surface area contributed by atoms with Crippen LogP contribution in [0.15, 0.2) is 72.8 Å². The number of carboxylic acid groups (broad SMARTS) is 1. The van der Waals surface area contributed by atoms with Gasteiger partial charge in [-0.2, -0.15) is 0 Å². The van der Waals surface area contributed by atoms with Crippen molar-refractivity contribution >= 4 is 28.6 Å². The number of imidazole rings is 1. The van der Waals surface area contributed by atoms with Gasteiger partial charge in [-0.15, -0.1) is 0 Å². The number of aryl methyl sites for hydroxylation is 2. The van der Waals surface area contributed by atoms with Crippen LogP contribution in [0, 0.1) is 12.8 Å². The second kappa shape index (κ2) is 13.3. The summed E-state index contributed by atoms with van der Waals surface area (Å²) in [6, 6.07) is 23.4. The van der Waals surface area contributed by atoms with Gasteiger partial charge in [-0.1, -0.05) is 54.1 Å². The Morgan fingerprint density at radius 3 is 2.65 bits per heavy atom. The maximum absolute atomic E-state index is 11.9. The Morgan fingerprint density at radius 2 is 1.88 bits per heavy atom. The quantitative estimate of drug-likeness (QED) is 0.197. The van der Waals surface area contributed by atoms with Gasteiger partial charge in [-0.05, 0) is 99.5 Å². The smallest absolute Gasteiger partial charge is 0.311 e. The summed E-state index contributed by atoms with van der Waals surface area (Å²) in [7, 11) is 0. The van der Waals surface area contributed by atoms with Gasteiger partial charge in [0.15, 0.2) is 0 Å². The van der Waals surface area contributed by atoms with E-state index >= 15 is 0 Å². The van der Waals surface area contributed by atoms with Crippen LogP contribution in [0.1, 0.15) is 55.0 Å². The molecule has 1 fully saturated rings. The maximum Gasteiger partial charge on any atom is 0.311 e. The monoisotopic (exact) mass is 559 g/mol. The van der Waals surface area contributed by atoms with Crippen molar-refractivity contribution in [1.82, 2.24) is 14.5 Å². The molecule has 1 aromatic heterocycles. The molecule has 0 amide bonds. The van der Waals surface area contributed by atoms with Crippen LogP contribution in [0.25, 0.3) is 11.0 Å². The zero-order chi connectivity index (χ0) is 27.9. The number of carbonyl (C=O) groups is 1. The average molecular weight is 560 g/mol. The number of hydrogen-bond acceptors (Lipinski definition) is 4. The summed E-state index contributed by atoms with van der Waals surface area (Å²) in [6.45, 7) is 6.31. The number of aromatic nitrogens is 2. The fraction of sp³-hybridized carbons (Fsp3) is 0.394. The number of aliphatic carboxylic acids is 1. The van der Waals surface area contributed by atoms with Crippen LogP contribution in [0.4, 0.5) is 0 Å². The molecule has 4 aromatic rings. The van der Waals surface area contributed by atoms with Gasteiger partial charge in [0.2, 0.25) is 0 Å². The van der Waals surface area contributed by atoms with Crippen molar-refractivity contribution < 1.29 is 14.6 Å². The molecule has 2 unspecified atom stereocenters. The first-order valence-corrected chi connectivity index (χ1v) is 14.7. The fourth-order valence-electron chi connectivity index (χ4n) is 5.93. The van der Waals surface area contributed by atoms with Crippen molar-refractivity contribution in [2.75, 3.05) is 19.6 Å². The molecule has 0 saturated carbocycles. The number of fused-ring (bicyclic) bond motifs is 1. The first kappa shape index (κ1) is 28.2.